The summed E-state index contributed by atoms with van der Waals surface area (Å²) in [7, 11) is 1.62. The Morgan fingerprint density at radius 3 is 2.58 bits per heavy atom. The molecule has 0 saturated carbocycles. The molecule has 1 N–H and O–H groups in total. The molecule has 1 aliphatic heterocycles. The Morgan fingerprint density at radius 2 is 1.82 bits per heavy atom. The highest BCUT2D eigenvalue weighted by molar-refractivity contribution is 5.91. The van der Waals surface area contributed by atoms with Crippen molar-refractivity contribution in [3.8, 4) is 11.5 Å². The average Bonchev–Trinajstić information content (AvgIpc) is 3.27. The van der Waals surface area contributed by atoms with Crippen LogP contribution in [0.5, 0.6) is 11.5 Å². The van der Waals surface area contributed by atoms with Gasteiger partial charge in [-0.1, -0.05) is 18.2 Å². The number of hydrogen-bond acceptors (Lipinski definition) is 4. The molecule has 0 saturated heterocycles. The predicted molar refractivity (Wildman–Crippen MR) is 129 cm³/mol. The molecule has 1 aliphatic rings. The lowest BCUT2D eigenvalue weighted by molar-refractivity contribution is 0.0833. The lowest BCUT2D eigenvalue weighted by Gasteiger charge is -2.35. The second-order valence-corrected chi connectivity index (χ2v) is 9.46. The van der Waals surface area contributed by atoms with Crippen LogP contribution in [0.1, 0.15) is 70.0 Å². The highest BCUT2D eigenvalue weighted by Gasteiger charge is 2.30. The SMILES string of the molecule is COc1ccccc1CNC(=O)c1ccc(Cc2c(C)c(C)c3c(c2C)CCC(C)(C)O3)o1. The number of methoxy groups -OCH3 is 1. The van der Waals surface area contributed by atoms with E-state index in [1.165, 1.54) is 27.8 Å². The molecule has 0 spiro atoms. The molecule has 5 heteroatoms. The first-order valence-electron chi connectivity index (χ1n) is 11.5. The third-order valence-electron chi connectivity index (χ3n) is 6.76. The molecule has 0 radical (unpaired) electrons. The molecule has 0 aliphatic carbocycles. The largest absolute Gasteiger partial charge is 0.496 e. The molecule has 174 valence electrons. The van der Waals surface area contributed by atoms with Gasteiger partial charge >= 0.3 is 0 Å². The zero-order valence-corrected chi connectivity index (χ0v) is 20.4. The quantitative estimate of drug-likeness (QED) is 0.516. The third-order valence-corrected chi connectivity index (χ3v) is 6.76. The lowest BCUT2D eigenvalue weighted by Crippen LogP contribution is -2.33. The first-order chi connectivity index (χ1) is 15.7. The second-order valence-electron chi connectivity index (χ2n) is 9.46. The number of carbonyl (C=O) groups excluding carboxylic acids is 1. The van der Waals surface area contributed by atoms with Crippen molar-refractivity contribution in [2.45, 2.75) is 66.0 Å². The first kappa shape index (κ1) is 23.0. The summed E-state index contributed by atoms with van der Waals surface area (Å²) in [5, 5.41) is 2.92. The predicted octanol–water partition coefficient (Wildman–Crippen LogP) is 5.84. The molecule has 0 unspecified atom stereocenters. The van der Waals surface area contributed by atoms with Gasteiger partial charge in [0.25, 0.3) is 5.91 Å². The van der Waals surface area contributed by atoms with E-state index in [4.69, 9.17) is 13.9 Å². The average molecular weight is 448 g/mol. The highest BCUT2D eigenvalue weighted by Crippen LogP contribution is 2.41. The number of hydrogen-bond donors (Lipinski definition) is 1. The Balaban J connectivity index is 1.51. The molecular formula is C28H33NO4. The fourth-order valence-corrected chi connectivity index (χ4v) is 4.60. The van der Waals surface area contributed by atoms with Crippen LogP contribution in [0.4, 0.5) is 0 Å². The van der Waals surface area contributed by atoms with Crippen molar-refractivity contribution >= 4 is 5.91 Å². The van der Waals surface area contributed by atoms with Crippen LogP contribution >= 0.6 is 0 Å². The van der Waals surface area contributed by atoms with Gasteiger partial charge in [0.05, 0.1) is 7.11 Å². The molecule has 3 aromatic rings. The van der Waals surface area contributed by atoms with Gasteiger partial charge in [-0.25, -0.2) is 0 Å². The van der Waals surface area contributed by atoms with Gasteiger partial charge in [0.1, 0.15) is 22.9 Å². The Labute approximate surface area is 196 Å². The summed E-state index contributed by atoms with van der Waals surface area (Å²) in [5.74, 6) is 2.65. The van der Waals surface area contributed by atoms with Gasteiger partial charge in [-0.3, -0.25) is 4.79 Å². The monoisotopic (exact) mass is 447 g/mol. The molecule has 1 aromatic heterocycles. The fourth-order valence-electron chi connectivity index (χ4n) is 4.60. The summed E-state index contributed by atoms with van der Waals surface area (Å²) in [6.45, 7) is 11.1. The van der Waals surface area contributed by atoms with E-state index < -0.39 is 0 Å². The van der Waals surface area contributed by atoms with E-state index in [9.17, 15) is 4.79 Å². The van der Waals surface area contributed by atoms with Gasteiger partial charge in [-0.15, -0.1) is 0 Å². The van der Waals surface area contributed by atoms with E-state index in [2.05, 4.69) is 39.9 Å². The number of para-hydroxylation sites is 1. The molecular weight excluding hydrogens is 414 g/mol. The number of rotatable bonds is 6. The van der Waals surface area contributed by atoms with Crippen molar-refractivity contribution in [1.29, 1.82) is 0 Å². The topological polar surface area (TPSA) is 60.7 Å². The normalized spacial score (nSPS) is 14.4. The van der Waals surface area contributed by atoms with E-state index >= 15 is 0 Å². The number of nitrogens with one attached hydrogen (secondary N) is 1. The van der Waals surface area contributed by atoms with E-state index in [1.807, 2.05) is 30.3 Å². The number of amides is 1. The van der Waals surface area contributed by atoms with Crippen LogP contribution in [0.2, 0.25) is 0 Å². The fraction of sp³-hybridized carbons (Fsp3) is 0.393. The molecule has 2 heterocycles. The number of furan rings is 1. The van der Waals surface area contributed by atoms with E-state index in [1.54, 1.807) is 13.2 Å². The smallest absolute Gasteiger partial charge is 0.287 e. The highest BCUT2D eigenvalue weighted by atomic mass is 16.5. The summed E-state index contributed by atoms with van der Waals surface area (Å²) in [6.07, 6.45) is 2.66. The van der Waals surface area contributed by atoms with Crippen LogP contribution in [0.15, 0.2) is 40.8 Å². The van der Waals surface area contributed by atoms with E-state index in [-0.39, 0.29) is 11.5 Å². The van der Waals surface area contributed by atoms with Crippen molar-refractivity contribution in [3.63, 3.8) is 0 Å². The van der Waals surface area contributed by atoms with Crippen molar-refractivity contribution in [3.05, 3.63) is 81.3 Å². The van der Waals surface area contributed by atoms with Gasteiger partial charge in [-0.05, 0) is 93.5 Å². The van der Waals surface area contributed by atoms with Gasteiger partial charge in [-0.2, -0.15) is 0 Å². The zero-order valence-electron chi connectivity index (χ0n) is 20.4. The Hall–Kier alpha value is -3.21. The van der Waals surface area contributed by atoms with Gasteiger partial charge < -0.3 is 19.2 Å². The van der Waals surface area contributed by atoms with Crippen molar-refractivity contribution in [1.82, 2.24) is 5.32 Å². The zero-order chi connectivity index (χ0) is 23.8. The minimum atomic E-state index is -0.238. The lowest BCUT2D eigenvalue weighted by atomic mass is 9.84. The summed E-state index contributed by atoms with van der Waals surface area (Å²) >= 11 is 0. The maximum atomic E-state index is 12.7. The van der Waals surface area contributed by atoms with Crippen molar-refractivity contribution in [2.75, 3.05) is 7.11 Å². The summed E-state index contributed by atoms with van der Waals surface area (Å²) in [6, 6.07) is 11.3. The number of benzene rings is 2. The van der Waals surface area contributed by atoms with Crippen LogP contribution in [0.25, 0.3) is 0 Å². The molecule has 5 nitrogen and oxygen atoms in total. The van der Waals surface area contributed by atoms with Crippen LogP contribution < -0.4 is 14.8 Å². The van der Waals surface area contributed by atoms with Gasteiger partial charge in [0, 0.05) is 18.5 Å². The molecule has 2 aromatic carbocycles. The minimum Gasteiger partial charge on any atom is -0.496 e. The maximum Gasteiger partial charge on any atom is 0.287 e. The molecule has 33 heavy (non-hydrogen) atoms. The number of ether oxygens (including phenoxy) is 2. The Morgan fingerprint density at radius 1 is 1.06 bits per heavy atom. The number of carbonyl (C=O) groups is 1. The first-order valence-corrected chi connectivity index (χ1v) is 11.5. The molecule has 1 amide bonds. The molecule has 0 atom stereocenters. The standard InChI is InChI=1S/C28H33NO4/c1-17-18(2)26-22(13-14-28(4,5)33-26)19(3)23(17)15-21-11-12-25(32-21)27(30)29-16-20-9-7-8-10-24(20)31-6/h7-12H,13-16H2,1-6H3,(H,29,30). The summed E-state index contributed by atoms with van der Waals surface area (Å²) < 4.78 is 17.6. The Kier molecular flexibility index (Phi) is 6.24. The molecule has 0 fully saturated rings. The van der Waals surface area contributed by atoms with E-state index in [0.29, 0.717) is 18.7 Å². The van der Waals surface area contributed by atoms with Gasteiger partial charge in [0.2, 0.25) is 0 Å². The Bertz CT molecular complexity index is 1190. The van der Waals surface area contributed by atoms with Gasteiger partial charge in [0.15, 0.2) is 5.76 Å². The second kappa shape index (κ2) is 8.97. The summed E-state index contributed by atoms with van der Waals surface area (Å²) in [4.78, 5) is 12.7. The minimum absolute atomic E-state index is 0.134. The van der Waals surface area contributed by atoms with Crippen LogP contribution in [0.3, 0.4) is 0 Å². The van der Waals surface area contributed by atoms with Crippen LogP contribution in [-0.4, -0.2) is 18.6 Å². The summed E-state index contributed by atoms with van der Waals surface area (Å²) in [5.41, 5.74) is 7.02. The van der Waals surface area contributed by atoms with Crippen molar-refractivity contribution in [2.24, 2.45) is 0 Å². The molecule has 4 rings (SSSR count). The third kappa shape index (κ3) is 4.63. The van der Waals surface area contributed by atoms with Crippen molar-refractivity contribution < 1.29 is 18.7 Å². The molecule has 0 bridgehead atoms. The van der Waals surface area contributed by atoms with Crippen LogP contribution in [0, 0.1) is 20.8 Å². The number of fused-ring (bicyclic) bond motifs is 1. The maximum absolute atomic E-state index is 12.7. The van der Waals surface area contributed by atoms with Crippen LogP contribution in [-0.2, 0) is 19.4 Å². The van der Waals surface area contributed by atoms with E-state index in [0.717, 1.165) is 35.7 Å².